The van der Waals surface area contributed by atoms with E-state index in [1.165, 1.54) is 4.68 Å². The maximum Gasteiger partial charge on any atom is 0.244 e. The fraction of sp³-hybridized carbons (Fsp3) is 0.417. The Morgan fingerprint density at radius 3 is 2.95 bits per heavy atom. The molecule has 0 saturated carbocycles. The molecule has 102 valence electrons. The van der Waals surface area contributed by atoms with Crippen LogP contribution in [0.1, 0.15) is 17.0 Å². The first-order valence-electron chi connectivity index (χ1n) is 5.96. The van der Waals surface area contributed by atoms with Gasteiger partial charge in [-0.3, -0.25) is 4.79 Å². The monoisotopic (exact) mass is 263 g/mol. The number of aryl methyl sites for hydroxylation is 1. The van der Waals surface area contributed by atoms with Gasteiger partial charge < -0.3 is 15.1 Å². The SMILES string of the molecule is Cc1occc1CN(C)C(=O)Cn1cc(CN)nn1. The van der Waals surface area contributed by atoms with Crippen molar-refractivity contribution in [3.8, 4) is 0 Å². The average Bonchev–Trinajstić information content (AvgIpc) is 2.99. The quantitative estimate of drug-likeness (QED) is 0.837. The summed E-state index contributed by atoms with van der Waals surface area (Å²) in [6.07, 6.45) is 3.29. The summed E-state index contributed by atoms with van der Waals surface area (Å²) in [6.45, 7) is 2.86. The van der Waals surface area contributed by atoms with Crippen LogP contribution in [0, 0.1) is 6.92 Å². The largest absolute Gasteiger partial charge is 0.469 e. The molecule has 2 heterocycles. The first-order chi connectivity index (χ1) is 9.10. The summed E-state index contributed by atoms with van der Waals surface area (Å²) in [5.74, 6) is 0.778. The van der Waals surface area contributed by atoms with Gasteiger partial charge in [-0.05, 0) is 13.0 Å². The molecule has 0 aliphatic rings. The van der Waals surface area contributed by atoms with E-state index in [0.717, 1.165) is 11.3 Å². The number of nitrogens with two attached hydrogens (primary N) is 1. The van der Waals surface area contributed by atoms with Crippen molar-refractivity contribution in [1.82, 2.24) is 19.9 Å². The van der Waals surface area contributed by atoms with E-state index >= 15 is 0 Å². The number of hydrogen-bond donors (Lipinski definition) is 1. The summed E-state index contributed by atoms with van der Waals surface area (Å²) < 4.78 is 6.69. The second-order valence-corrected chi connectivity index (χ2v) is 4.36. The number of furan rings is 1. The predicted molar refractivity (Wildman–Crippen MR) is 67.8 cm³/mol. The molecule has 7 nitrogen and oxygen atoms in total. The fourth-order valence-electron chi connectivity index (χ4n) is 1.69. The summed E-state index contributed by atoms with van der Waals surface area (Å²) in [4.78, 5) is 13.6. The Labute approximate surface area is 111 Å². The summed E-state index contributed by atoms with van der Waals surface area (Å²) in [6, 6.07) is 1.86. The van der Waals surface area contributed by atoms with Gasteiger partial charge in [0.25, 0.3) is 0 Å². The minimum atomic E-state index is -0.0472. The highest BCUT2D eigenvalue weighted by molar-refractivity contribution is 5.75. The minimum absolute atomic E-state index is 0.0472. The lowest BCUT2D eigenvalue weighted by Gasteiger charge is -2.16. The van der Waals surface area contributed by atoms with E-state index < -0.39 is 0 Å². The number of nitrogens with zero attached hydrogens (tertiary/aromatic N) is 4. The third-order valence-corrected chi connectivity index (χ3v) is 2.89. The molecule has 0 spiro atoms. The average molecular weight is 263 g/mol. The maximum absolute atomic E-state index is 12.0. The van der Waals surface area contributed by atoms with E-state index in [9.17, 15) is 4.79 Å². The Balaban J connectivity index is 1.94. The standard InChI is InChI=1S/C12H17N5O2/c1-9-10(3-4-19-9)6-16(2)12(18)8-17-7-11(5-13)14-15-17/h3-4,7H,5-6,8,13H2,1-2H3. The number of carbonyl (C=O) groups is 1. The lowest BCUT2D eigenvalue weighted by atomic mass is 10.2. The summed E-state index contributed by atoms with van der Waals surface area (Å²) >= 11 is 0. The van der Waals surface area contributed by atoms with Crippen molar-refractivity contribution in [3.63, 3.8) is 0 Å². The van der Waals surface area contributed by atoms with Crippen molar-refractivity contribution in [2.75, 3.05) is 7.05 Å². The van der Waals surface area contributed by atoms with Crippen LogP contribution in [0.2, 0.25) is 0 Å². The molecule has 2 aromatic heterocycles. The fourth-order valence-corrected chi connectivity index (χ4v) is 1.69. The number of carbonyl (C=O) groups excluding carboxylic acids is 1. The summed E-state index contributed by atoms with van der Waals surface area (Å²) in [5, 5.41) is 7.68. The van der Waals surface area contributed by atoms with E-state index in [0.29, 0.717) is 18.8 Å². The molecule has 0 saturated heterocycles. The zero-order valence-corrected chi connectivity index (χ0v) is 11.0. The molecule has 0 aromatic carbocycles. The zero-order chi connectivity index (χ0) is 13.8. The van der Waals surface area contributed by atoms with Gasteiger partial charge in [0, 0.05) is 25.7 Å². The normalized spacial score (nSPS) is 10.7. The summed E-state index contributed by atoms with van der Waals surface area (Å²) in [7, 11) is 1.75. The molecular weight excluding hydrogens is 246 g/mol. The van der Waals surface area contributed by atoms with Gasteiger partial charge in [-0.25, -0.2) is 4.68 Å². The van der Waals surface area contributed by atoms with Crippen LogP contribution in [0.15, 0.2) is 22.9 Å². The van der Waals surface area contributed by atoms with E-state index in [1.54, 1.807) is 24.4 Å². The molecule has 2 rings (SSSR count). The van der Waals surface area contributed by atoms with Gasteiger partial charge in [-0.15, -0.1) is 5.10 Å². The Bertz CT molecular complexity index is 560. The molecule has 2 N–H and O–H groups in total. The number of amides is 1. The van der Waals surface area contributed by atoms with E-state index in [2.05, 4.69) is 10.3 Å². The minimum Gasteiger partial charge on any atom is -0.469 e. The maximum atomic E-state index is 12.0. The van der Waals surface area contributed by atoms with Gasteiger partial charge in [0.15, 0.2) is 0 Å². The highest BCUT2D eigenvalue weighted by Gasteiger charge is 2.13. The van der Waals surface area contributed by atoms with Crippen LogP contribution in [-0.2, 0) is 24.4 Å². The third kappa shape index (κ3) is 3.19. The Morgan fingerprint density at radius 1 is 1.58 bits per heavy atom. The van der Waals surface area contributed by atoms with Crippen molar-refractivity contribution in [1.29, 1.82) is 0 Å². The van der Waals surface area contributed by atoms with Crippen LogP contribution in [0.3, 0.4) is 0 Å². The van der Waals surface area contributed by atoms with Gasteiger partial charge in [-0.2, -0.15) is 0 Å². The van der Waals surface area contributed by atoms with Crippen LogP contribution >= 0.6 is 0 Å². The molecule has 0 fully saturated rings. The molecule has 1 amide bonds. The lowest BCUT2D eigenvalue weighted by Crippen LogP contribution is -2.30. The molecule has 19 heavy (non-hydrogen) atoms. The molecule has 0 aliphatic heterocycles. The molecular formula is C12H17N5O2. The second-order valence-electron chi connectivity index (χ2n) is 4.36. The Kier molecular flexibility index (Phi) is 3.96. The van der Waals surface area contributed by atoms with Gasteiger partial charge >= 0.3 is 0 Å². The highest BCUT2D eigenvalue weighted by atomic mass is 16.3. The molecule has 2 aromatic rings. The molecule has 0 bridgehead atoms. The number of hydrogen-bond acceptors (Lipinski definition) is 5. The Morgan fingerprint density at radius 2 is 2.37 bits per heavy atom. The molecule has 7 heteroatoms. The van der Waals surface area contributed by atoms with Crippen molar-refractivity contribution in [3.05, 3.63) is 35.5 Å². The van der Waals surface area contributed by atoms with Gasteiger partial charge in [-0.1, -0.05) is 5.21 Å². The van der Waals surface area contributed by atoms with E-state index in [1.807, 2.05) is 13.0 Å². The van der Waals surface area contributed by atoms with Gasteiger partial charge in [0.2, 0.25) is 5.91 Å². The number of likely N-dealkylation sites (N-methyl/N-ethyl adjacent to an activating group) is 1. The topological polar surface area (TPSA) is 90.2 Å². The number of rotatable bonds is 5. The molecule has 0 unspecified atom stereocenters. The second kappa shape index (κ2) is 5.66. The van der Waals surface area contributed by atoms with Gasteiger partial charge in [0.1, 0.15) is 12.3 Å². The lowest BCUT2D eigenvalue weighted by molar-refractivity contribution is -0.131. The third-order valence-electron chi connectivity index (χ3n) is 2.89. The predicted octanol–water partition coefficient (Wildman–Crippen LogP) is 0.297. The van der Waals surface area contributed by atoms with Crippen LogP contribution in [-0.4, -0.2) is 32.8 Å². The first-order valence-corrected chi connectivity index (χ1v) is 5.96. The Hall–Kier alpha value is -2.15. The van der Waals surface area contributed by atoms with Crippen molar-refractivity contribution in [2.24, 2.45) is 5.73 Å². The van der Waals surface area contributed by atoms with Crippen LogP contribution in [0.25, 0.3) is 0 Å². The van der Waals surface area contributed by atoms with Crippen molar-refractivity contribution >= 4 is 5.91 Å². The summed E-state index contributed by atoms with van der Waals surface area (Å²) in [5.41, 5.74) is 7.10. The van der Waals surface area contributed by atoms with Gasteiger partial charge in [0.05, 0.1) is 18.2 Å². The highest BCUT2D eigenvalue weighted by Crippen LogP contribution is 2.11. The molecule has 0 radical (unpaired) electrons. The van der Waals surface area contributed by atoms with Crippen molar-refractivity contribution in [2.45, 2.75) is 26.6 Å². The zero-order valence-electron chi connectivity index (χ0n) is 11.0. The molecule has 0 atom stereocenters. The van der Waals surface area contributed by atoms with Crippen molar-refractivity contribution < 1.29 is 9.21 Å². The van der Waals surface area contributed by atoms with E-state index in [-0.39, 0.29) is 12.5 Å². The van der Waals surface area contributed by atoms with Crippen LogP contribution < -0.4 is 5.73 Å². The molecule has 0 aliphatic carbocycles. The van der Waals surface area contributed by atoms with Crippen LogP contribution in [0.4, 0.5) is 0 Å². The van der Waals surface area contributed by atoms with E-state index in [4.69, 9.17) is 10.2 Å². The smallest absolute Gasteiger partial charge is 0.244 e. The van der Waals surface area contributed by atoms with Crippen LogP contribution in [0.5, 0.6) is 0 Å². The number of aromatic nitrogens is 3. The first kappa shape index (κ1) is 13.3.